The number of ether oxygens (including phenoxy) is 3. The third-order valence-electron chi connectivity index (χ3n) is 2.43. The smallest absolute Gasteiger partial charge is 0.352 e. The second kappa shape index (κ2) is 4.08. The highest BCUT2D eigenvalue weighted by molar-refractivity contribution is 6.18. The van der Waals surface area contributed by atoms with Gasteiger partial charge in [-0.15, -0.1) is 0 Å². The van der Waals surface area contributed by atoms with E-state index in [0.29, 0.717) is 5.57 Å². The van der Waals surface area contributed by atoms with Crippen molar-refractivity contribution in [2.75, 3.05) is 14.2 Å². The molecule has 0 saturated heterocycles. The largest absolute Gasteiger partial charge is 0.400 e. The topological polar surface area (TPSA) is 44.8 Å². The first-order chi connectivity index (χ1) is 7.71. The minimum absolute atomic E-state index is 0.448. The van der Waals surface area contributed by atoms with Gasteiger partial charge in [-0.3, -0.25) is 0 Å². The number of esters is 1. The van der Waals surface area contributed by atoms with E-state index in [1.165, 1.54) is 20.3 Å². The Balaban J connectivity index is 2.39. The summed E-state index contributed by atoms with van der Waals surface area (Å²) in [5.74, 6) is -1.84. The Kier molecular flexibility index (Phi) is 2.77. The average Bonchev–Trinajstić information content (AvgIpc) is 2.69. The Morgan fingerprint density at radius 2 is 1.75 bits per heavy atom. The van der Waals surface area contributed by atoms with Crippen molar-refractivity contribution in [3.05, 3.63) is 42.0 Å². The van der Waals surface area contributed by atoms with Gasteiger partial charge in [0, 0.05) is 20.3 Å². The zero-order chi connectivity index (χ0) is 11.6. The van der Waals surface area contributed by atoms with Crippen molar-refractivity contribution in [1.82, 2.24) is 0 Å². The molecule has 1 aromatic carbocycles. The van der Waals surface area contributed by atoms with Crippen LogP contribution < -0.4 is 0 Å². The molecule has 0 radical (unpaired) electrons. The molecule has 0 atom stereocenters. The van der Waals surface area contributed by atoms with Gasteiger partial charge < -0.3 is 14.2 Å². The molecular weight excluding hydrogens is 208 g/mol. The summed E-state index contributed by atoms with van der Waals surface area (Å²) >= 11 is 0. The van der Waals surface area contributed by atoms with Crippen LogP contribution in [0.1, 0.15) is 5.56 Å². The quantitative estimate of drug-likeness (QED) is 0.573. The van der Waals surface area contributed by atoms with Crippen LogP contribution in [0.3, 0.4) is 0 Å². The number of hydrogen-bond donors (Lipinski definition) is 0. The summed E-state index contributed by atoms with van der Waals surface area (Å²) < 4.78 is 15.1. The maximum atomic E-state index is 11.7. The second-order valence-electron chi connectivity index (χ2n) is 3.33. The molecule has 1 aliphatic rings. The summed E-state index contributed by atoms with van der Waals surface area (Å²) in [6, 6.07) is 9.24. The van der Waals surface area contributed by atoms with Gasteiger partial charge in [0.1, 0.15) is 0 Å². The fraction of sp³-hybridized carbons (Fsp3) is 0.250. The molecule has 84 valence electrons. The molecule has 0 bridgehead atoms. The molecule has 1 aliphatic heterocycles. The summed E-state index contributed by atoms with van der Waals surface area (Å²) in [6.07, 6.45) is 1.53. The van der Waals surface area contributed by atoms with Gasteiger partial charge in [-0.1, -0.05) is 30.3 Å². The Labute approximate surface area is 93.4 Å². The van der Waals surface area contributed by atoms with Gasteiger partial charge >= 0.3 is 11.9 Å². The predicted octanol–water partition coefficient (Wildman–Crippen LogP) is 1.57. The molecule has 0 aromatic heterocycles. The number of rotatable bonds is 3. The van der Waals surface area contributed by atoms with Crippen LogP contribution in [0.15, 0.2) is 36.4 Å². The van der Waals surface area contributed by atoms with Gasteiger partial charge in [-0.05, 0) is 5.56 Å². The van der Waals surface area contributed by atoms with E-state index in [4.69, 9.17) is 14.2 Å². The van der Waals surface area contributed by atoms with E-state index < -0.39 is 11.9 Å². The molecule has 0 N–H and O–H groups in total. The van der Waals surface area contributed by atoms with Crippen molar-refractivity contribution < 1.29 is 19.0 Å². The molecule has 1 aromatic rings. The number of methoxy groups -OCH3 is 2. The van der Waals surface area contributed by atoms with Crippen molar-refractivity contribution in [3.63, 3.8) is 0 Å². The van der Waals surface area contributed by atoms with E-state index in [1.807, 2.05) is 30.3 Å². The lowest BCUT2D eigenvalue weighted by atomic mass is 10.1. The number of hydrogen-bond acceptors (Lipinski definition) is 4. The fourth-order valence-electron chi connectivity index (χ4n) is 1.55. The molecule has 0 saturated carbocycles. The van der Waals surface area contributed by atoms with Crippen LogP contribution in [-0.2, 0) is 19.0 Å². The lowest BCUT2D eigenvalue weighted by Gasteiger charge is -2.21. The highest BCUT2D eigenvalue weighted by Crippen LogP contribution is 2.31. The standard InChI is InChI=1S/C12H12O4/c1-14-12(15-2)8-10(11(13)16-12)9-6-4-3-5-7-9/h3-8H,1-2H3. The average molecular weight is 220 g/mol. The van der Waals surface area contributed by atoms with Crippen molar-refractivity contribution in [2.24, 2.45) is 0 Å². The normalized spacial score (nSPS) is 18.1. The summed E-state index contributed by atoms with van der Waals surface area (Å²) in [4.78, 5) is 11.7. The number of benzene rings is 1. The molecule has 0 amide bonds. The molecule has 0 spiro atoms. The molecule has 0 aliphatic carbocycles. The highest BCUT2D eigenvalue weighted by atomic mass is 16.9. The van der Waals surface area contributed by atoms with Gasteiger partial charge in [-0.2, -0.15) is 0 Å². The van der Waals surface area contributed by atoms with Crippen LogP contribution in [-0.4, -0.2) is 26.2 Å². The maximum absolute atomic E-state index is 11.7. The summed E-state index contributed by atoms with van der Waals surface area (Å²) in [6.45, 7) is 0. The van der Waals surface area contributed by atoms with Crippen molar-refractivity contribution in [2.45, 2.75) is 5.97 Å². The molecule has 2 rings (SSSR count). The van der Waals surface area contributed by atoms with Crippen LogP contribution in [0, 0.1) is 0 Å². The van der Waals surface area contributed by atoms with E-state index in [-0.39, 0.29) is 0 Å². The summed E-state index contributed by atoms with van der Waals surface area (Å²) in [5, 5.41) is 0. The monoisotopic (exact) mass is 220 g/mol. The third kappa shape index (κ3) is 1.73. The Hall–Kier alpha value is -1.65. The molecule has 1 heterocycles. The van der Waals surface area contributed by atoms with Gasteiger partial charge in [0.25, 0.3) is 0 Å². The first-order valence-corrected chi connectivity index (χ1v) is 4.83. The van der Waals surface area contributed by atoms with E-state index in [0.717, 1.165) is 5.56 Å². The van der Waals surface area contributed by atoms with Gasteiger partial charge in [-0.25, -0.2) is 4.79 Å². The van der Waals surface area contributed by atoms with Crippen LogP contribution in [0.2, 0.25) is 0 Å². The van der Waals surface area contributed by atoms with E-state index in [1.54, 1.807) is 0 Å². The summed E-state index contributed by atoms with van der Waals surface area (Å²) in [7, 11) is 2.84. The van der Waals surface area contributed by atoms with Crippen LogP contribution in [0.4, 0.5) is 0 Å². The molecule has 16 heavy (non-hydrogen) atoms. The minimum atomic E-state index is -1.39. The van der Waals surface area contributed by atoms with Crippen molar-refractivity contribution in [3.8, 4) is 0 Å². The third-order valence-corrected chi connectivity index (χ3v) is 2.43. The molecule has 0 unspecified atom stereocenters. The van der Waals surface area contributed by atoms with Gasteiger partial charge in [0.2, 0.25) is 0 Å². The molecule has 0 fully saturated rings. The SMILES string of the molecule is COC1(OC)C=C(c2ccccc2)C(=O)O1. The van der Waals surface area contributed by atoms with Crippen LogP contribution >= 0.6 is 0 Å². The van der Waals surface area contributed by atoms with E-state index in [2.05, 4.69) is 0 Å². The lowest BCUT2D eigenvalue weighted by Crippen LogP contribution is -2.32. The minimum Gasteiger partial charge on any atom is -0.400 e. The fourth-order valence-corrected chi connectivity index (χ4v) is 1.55. The first-order valence-electron chi connectivity index (χ1n) is 4.83. The lowest BCUT2D eigenvalue weighted by molar-refractivity contribution is -0.304. The zero-order valence-electron chi connectivity index (χ0n) is 9.10. The Morgan fingerprint density at radius 3 is 2.25 bits per heavy atom. The Bertz CT molecular complexity index is 418. The van der Waals surface area contributed by atoms with Gasteiger partial charge in [0.15, 0.2) is 0 Å². The molecule has 4 heteroatoms. The maximum Gasteiger partial charge on any atom is 0.352 e. The van der Waals surface area contributed by atoms with Crippen molar-refractivity contribution in [1.29, 1.82) is 0 Å². The van der Waals surface area contributed by atoms with E-state index in [9.17, 15) is 4.79 Å². The van der Waals surface area contributed by atoms with Crippen LogP contribution in [0.5, 0.6) is 0 Å². The molecular formula is C12H12O4. The number of carbonyl (C=O) groups is 1. The van der Waals surface area contributed by atoms with Gasteiger partial charge in [0.05, 0.1) is 5.57 Å². The number of carbonyl (C=O) groups excluding carboxylic acids is 1. The first kappa shape index (κ1) is 10.9. The van der Waals surface area contributed by atoms with Crippen LogP contribution in [0.25, 0.3) is 5.57 Å². The Morgan fingerprint density at radius 1 is 1.12 bits per heavy atom. The highest BCUT2D eigenvalue weighted by Gasteiger charge is 2.41. The number of cyclic esters (lactones) is 1. The zero-order valence-corrected chi connectivity index (χ0v) is 9.10. The van der Waals surface area contributed by atoms with E-state index >= 15 is 0 Å². The molecule has 4 nitrogen and oxygen atoms in total. The predicted molar refractivity (Wildman–Crippen MR) is 57.3 cm³/mol. The summed E-state index contributed by atoms with van der Waals surface area (Å²) in [5.41, 5.74) is 1.23. The second-order valence-corrected chi connectivity index (χ2v) is 3.33. The van der Waals surface area contributed by atoms with Crippen molar-refractivity contribution >= 4 is 11.5 Å².